The van der Waals surface area contributed by atoms with Gasteiger partial charge in [-0.15, -0.1) is 0 Å². The van der Waals surface area contributed by atoms with Gasteiger partial charge in [0.1, 0.15) is 5.75 Å². The van der Waals surface area contributed by atoms with Crippen LogP contribution in [-0.4, -0.2) is 42.5 Å². The summed E-state index contributed by atoms with van der Waals surface area (Å²) in [5.74, 6) is 0.337. The van der Waals surface area contributed by atoms with Crippen molar-refractivity contribution in [3.8, 4) is 5.75 Å². The summed E-state index contributed by atoms with van der Waals surface area (Å²) in [5.41, 5.74) is 2.55. The number of hydrogen-bond donors (Lipinski definition) is 2. The van der Waals surface area contributed by atoms with Gasteiger partial charge in [-0.2, -0.15) is 0 Å². The molecule has 1 aromatic heterocycles. The molecule has 1 unspecified atom stereocenters. The van der Waals surface area contributed by atoms with E-state index in [0.29, 0.717) is 11.1 Å². The van der Waals surface area contributed by atoms with Gasteiger partial charge in [-0.3, -0.25) is 9.78 Å². The monoisotopic (exact) mass is 421 g/mol. The van der Waals surface area contributed by atoms with Gasteiger partial charge < -0.3 is 19.4 Å². The number of carbonyl (C=O) groups is 1. The molecule has 31 heavy (non-hydrogen) atoms. The van der Waals surface area contributed by atoms with E-state index >= 15 is 0 Å². The fourth-order valence-corrected chi connectivity index (χ4v) is 4.63. The summed E-state index contributed by atoms with van der Waals surface area (Å²) in [5, 5.41) is 3.33. The molecule has 7 heteroatoms. The second kappa shape index (κ2) is 7.89. The van der Waals surface area contributed by atoms with Crippen molar-refractivity contribution in [3.63, 3.8) is 0 Å². The minimum Gasteiger partial charge on any atom is -0.497 e. The van der Waals surface area contributed by atoms with Gasteiger partial charge in [0, 0.05) is 6.54 Å². The lowest BCUT2D eigenvalue weighted by Crippen LogP contribution is -2.41. The van der Waals surface area contributed by atoms with Crippen molar-refractivity contribution >= 4 is 17.0 Å². The fraction of sp³-hybridized carbons (Fsp3) is 0.417. The standard InChI is InChI=1S/C24H27N3O4/c1-30-18-6-4-5-16(13-18)20(15-27-11-2-3-12-27)25-22(28)24(9-10-24)17-7-8-21-19(14-17)26-23(29)31-21/h4-8,13-14,20H,2-3,9-12,15H2,1H3,(H,25,28)(H,26,29). The Labute approximate surface area is 180 Å². The number of benzene rings is 2. The third kappa shape index (κ3) is 3.85. The summed E-state index contributed by atoms with van der Waals surface area (Å²) >= 11 is 0. The van der Waals surface area contributed by atoms with Crippen LogP contribution in [0.5, 0.6) is 5.75 Å². The van der Waals surface area contributed by atoms with E-state index < -0.39 is 11.2 Å². The number of fused-ring (bicyclic) bond motifs is 1. The lowest BCUT2D eigenvalue weighted by molar-refractivity contribution is -0.124. The molecule has 1 saturated heterocycles. The number of ether oxygens (including phenoxy) is 1. The number of nitrogens with one attached hydrogen (secondary N) is 2. The van der Waals surface area contributed by atoms with Crippen LogP contribution in [0.3, 0.4) is 0 Å². The highest BCUT2D eigenvalue weighted by Gasteiger charge is 2.52. The van der Waals surface area contributed by atoms with E-state index in [-0.39, 0.29) is 11.9 Å². The molecule has 1 aliphatic heterocycles. The lowest BCUT2D eigenvalue weighted by atomic mass is 9.93. The van der Waals surface area contributed by atoms with Gasteiger partial charge in [0.25, 0.3) is 0 Å². The molecule has 1 saturated carbocycles. The summed E-state index contributed by atoms with van der Waals surface area (Å²) in [6, 6.07) is 13.3. The molecule has 7 nitrogen and oxygen atoms in total. The number of rotatable bonds is 7. The Morgan fingerprint density at radius 3 is 2.77 bits per heavy atom. The summed E-state index contributed by atoms with van der Waals surface area (Å²) in [7, 11) is 1.66. The van der Waals surface area contributed by atoms with Crippen LogP contribution >= 0.6 is 0 Å². The smallest absolute Gasteiger partial charge is 0.417 e. The zero-order valence-corrected chi connectivity index (χ0v) is 17.6. The number of carbonyl (C=O) groups excluding carboxylic acids is 1. The van der Waals surface area contributed by atoms with E-state index in [1.54, 1.807) is 13.2 Å². The summed E-state index contributed by atoms with van der Waals surface area (Å²) in [4.78, 5) is 30.1. The minimum atomic E-state index is -0.551. The largest absolute Gasteiger partial charge is 0.497 e. The summed E-state index contributed by atoms with van der Waals surface area (Å²) < 4.78 is 10.5. The number of nitrogens with zero attached hydrogens (tertiary/aromatic N) is 1. The van der Waals surface area contributed by atoms with Crippen LogP contribution in [0.15, 0.2) is 51.7 Å². The molecule has 2 heterocycles. The van der Waals surface area contributed by atoms with Gasteiger partial charge in [0.15, 0.2) is 5.58 Å². The topological polar surface area (TPSA) is 87.6 Å². The Morgan fingerprint density at radius 1 is 1.23 bits per heavy atom. The Morgan fingerprint density at radius 2 is 2.03 bits per heavy atom. The van der Waals surface area contributed by atoms with Gasteiger partial charge in [-0.25, -0.2) is 4.79 Å². The normalized spacial score (nSPS) is 18.7. The highest BCUT2D eigenvalue weighted by Crippen LogP contribution is 2.49. The molecule has 2 fully saturated rings. The third-order valence-electron chi connectivity index (χ3n) is 6.60. The molecular weight excluding hydrogens is 394 g/mol. The van der Waals surface area contributed by atoms with Crippen molar-refractivity contribution in [2.75, 3.05) is 26.7 Å². The maximum absolute atomic E-state index is 13.5. The average molecular weight is 421 g/mol. The molecule has 0 radical (unpaired) electrons. The van der Waals surface area contributed by atoms with Crippen LogP contribution in [0.2, 0.25) is 0 Å². The molecule has 1 amide bonds. The molecule has 162 valence electrons. The van der Waals surface area contributed by atoms with Crippen molar-refractivity contribution in [1.29, 1.82) is 0 Å². The summed E-state index contributed by atoms with van der Waals surface area (Å²) in [6.45, 7) is 2.90. The van der Waals surface area contributed by atoms with Crippen molar-refractivity contribution in [2.45, 2.75) is 37.1 Å². The molecule has 1 atom stereocenters. The third-order valence-corrected chi connectivity index (χ3v) is 6.60. The number of methoxy groups -OCH3 is 1. The van der Waals surface area contributed by atoms with Gasteiger partial charge in [-0.05, 0) is 74.2 Å². The molecule has 2 aromatic carbocycles. The second-order valence-electron chi connectivity index (χ2n) is 8.62. The van der Waals surface area contributed by atoms with Gasteiger partial charge in [-0.1, -0.05) is 18.2 Å². The van der Waals surface area contributed by atoms with Crippen LogP contribution < -0.4 is 15.8 Å². The predicted molar refractivity (Wildman–Crippen MR) is 117 cm³/mol. The fourth-order valence-electron chi connectivity index (χ4n) is 4.63. The first-order chi connectivity index (χ1) is 15.1. The number of oxazole rings is 1. The maximum Gasteiger partial charge on any atom is 0.417 e. The van der Waals surface area contributed by atoms with E-state index in [2.05, 4.69) is 15.2 Å². The van der Waals surface area contributed by atoms with E-state index in [9.17, 15) is 9.59 Å². The molecular formula is C24H27N3O4. The number of hydrogen-bond acceptors (Lipinski definition) is 5. The molecule has 5 rings (SSSR count). The van der Waals surface area contributed by atoms with Crippen LogP contribution in [-0.2, 0) is 10.2 Å². The average Bonchev–Trinajstić information content (AvgIpc) is 3.27. The summed E-state index contributed by atoms with van der Waals surface area (Å²) in [6.07, 6.45) is 3.99. The van der Waals surface area contributed by atoms with Crippen LogP contribution in [0.4, 0.5) is 0 Å². The quantitative estimate of drug-likeness (QED) is 0.612. The van der Waals surface area contributed by atoms with E-state index in [1.807, 2.05) is 36.4 Å². The zero-order chi connectivity index (χ0) is 21.4. The molecule has 2 N–H and O–H groups in total. The Bertz CT molecular complexity index is 1150. The van der Waals surface area contributed by atoms with Crippen molar-refractivity contribution in [3.05, 3.63) is 64.1 Å². The van der Waals surface area contributed by atoms with E-state index in [0.717, 1.165) is 49.4 Å². The highest BCUT2D eigenvalue weighted by molar-refractivity contribution is 5.92. The van der Waals surface area contributed by atoms with Gasteiger partial charge >= 0.3 is 5.76 Å². The lowest BCUT2D eigenvalue weighted by Gasteiger charge is -2.27. The Kier molecular flexibility index (Phi) is 5.06. The first kappa shape index (κ1) is 19.9. The number of likely N-dealkylation sites (tertiary alicyclic amines) is 1. The van der Waals surface area contributed by atoms with Crippen molar-refractivity contribution in [2.24, 2.45) is 0 Å². The van der Waals surface area contributed by atoms with E-state index in [1.165, 1.54) is 12.8 Å². The number of aromatic nitrogens is 1. The van der Waals surface area contributed by atoms with Crippen molar-refractivity contribution in [1.82, 2.24) is 15.2 Å². The van der Waals surface area contributed by atoms with Gasteiger partial charge in [0.2, 0.25) is 5.91 Å². The van der Waals surface area contributed by atoms with Crippen LogP contribution in [0, 0.1) is 0 Å². The Balaban J connectivity index is 1.41. The maximum atomic E-state index is 13.5. The Hall–Kier alpha value is -3.06. The predicted octanol–water partition coefficient (Wildman–Crippen LogP) is 3.11. The molecule has 0 bridgehead atoms. The van der Waals surface area contributed by atoms with Crippen LogP contribution in [0.1, 0.15) is 42.9 Å². The SMILES string of the molecule is COc1cccc(C(CN2CCCC2)NC(=O)C2(c3ccc4oc(=O)[nH]c4c3)CC2)c1. The zero-order valence-electron chi connectivity index (χ0n) is 17.6. The molecule has 0 spiro atoms. The van der Waals surface area contributed by atoms with E-state index in [4.69, 9.17) is 9.15 Å². The number of amides is 1. The second-order valence-corrected chi connectivity index (χ2v) is 8.62. The molecule has 1 aliphatic carbocycles. The van der Waals surface area contributed by atoms with Gasteiger partial charge in [0.05, 0.1) is 24.1 Å². The number of aromatic amines is 1. The molecule has 3 aromatic rings. The number of H-pyrrole nitrogens is 1. The highest BCUT2D eigenvalue weighted by atomic mass is 16.5. The first-order valence-corrected chi connectivity index (χ1v) is 10.9. The van der Waals surface area contributed by atoms with Crippen LogP contribution in [0.25, 0.3) is 11.1 Å². The first-order valence-electron chi connectivity index (χ1n) is 10.9. The minimum absolute atomic E-state index is 0.0321. The van der Waals surface area contributed by atoms with Crippen molar-refractivity contribution < 1.29 is 13.9 Å². The molecule has 2 aliphatic rings.